The van der Waals surface area contributed by atoms with E-state index in [1.807, 2.05) is 24.3 Å². The van der Waals surface area contributed by atoms with E-state index in [1.54, 1.807) is 0 Å². The minimum atomic E-state index is -0.0830. The second kappa shape index (κ2) is 8.33. The zero-order valence-corrected chi connectivity index (χ0v) is 16.4. The lowest BCUT2D eigenvalue weighted by Gasteiger charge is -2.43. The second-order valence-corrected chi connectivity index (χ2v) is 7.95. The number of benzene rings is 2. The molecule has 4 rings (SSSR count). The summed E-state index contributed by atoms with van der Waals surface area (Å²) in [5, 5.41) is 2.84. The van der Waals surface area contributed by atoms with Crippen LogP contribution < -0.4 is 15.8 Å². The number of carbonyl (C=O) groups is 1. The molecule has 1 fully saturated rings. The average Bonchev–Trinajstić information content (AvgIpc) is 2.68. The van der Waals surface area contributed by atoms with Crippen LogP contribution in [-0.4, -0.2) is 36.0 Å². The van der Waals surface area contributed by atoms with Crippen LogP contribution in [-0.2, 0) is 11.2 Å². The number of hydrogen-bond acceptors (Lipinski definition) is 4. The Kier molecular flexibility index (Phi) is 5.64. The van der Waals surface area contributed by atoms with Gasteiger partial charge in [0.2, 0.25) is 5.91 Å². The molecule has 0 aromatic heterocycles. The van der Waals surface area contributed by atoms with Crippen LogP contribution in [0.3, 0.4) is 0 Å². The highest BCUT2D eigenvalue weighted by molar-refractivity contribution is 5.88. The number of rotatable bonds is 4. The molecule has 28 heavy (non-hydrogen) atoms. The third kappa shape index (κ3) is 4.21. The van der Waals surface area contributed by atoms with E-state index in [0.29, 0.717) is 6.04 Å². The first-order valence-corrected chi connectivity index (χ1v) is 10.2. The number of piperidine rings is 1. The minimum absolute atomic E-state index is 0.0390. The highest BCUT2D eigenvalue weighted by atomic mass is 16.5. The molecule has 2 aromatic carbocycles. The smallest absolute Gasteiger partial charge is 0.221 e. The molecule has 3 atom stereocenters. The monoisotopic (exact) mass is 379 g/mol. The number of nitrogens with zero attached hydrogens (tertiary/aromatic N) is 1. The van der Waals surface area contributed by atoms with E-state index in [0.717, 1.165) is 50.2 Å². The van der Waals surface area contributed by atoms with Gasteiger partial charge < -0.3 is 15.8 Å². The standard InChI is InChI=1S/C23H29N3O2/c1-16(27)25-19-8-4-9-20(14-19)28-23-21-10-3-2-6-17(21)11-12-22(23)26-13-5-7-18(24)15-26/h2-4,6,8-10,14,18,22-23H,5,7,11-13,15,24H2,1H3,(H,25,27)/t18-,22-,23-/m0/s1. The Bertz CT molecular complexity index is 838. The van der Waals surface area contributed by atoms with Crippen molar-refractivity contribution in [1.82, 2.24) is 4.90 Å². The SMILES string of the molecule is CC(=O)Nc1cccc(O[C@H]2c3ccccc3CC[C@@H]2N2CCC[C@H](N)C2)c1. The first-order chi connectivity index (χ1) is 13.6. The molecule has 2 aromatic rings. The lowest BCUT2D eigenvalue weighted by atomic mass is 9.84. The van der Waals surface area contributed by atoms with Gasteiger partial charge in [0.1, 0.15) is 11.9 Å². The fourth-order valence-corrected chi connectivity index (χ4v) is 4.56. The van der Waals surface area contributed by atoms with E-state index in [1.165, 1.54) is 18.1 Å². The largest absolute Gasteiger partial charge is 0.484 e. The molecule has 3 N–H and O–H groups in total. The highest BCUT2D eigenvalue weighted by Crippen LogP contribution is 2.37. The predicted octanol–water partition coefficient (Wildman–Crippen LogP) is 3.50. The van der Waals surface area contributed by atoms with Crippen molar-refractivity contribution in [3.05, 3.63) is 59.7 Å². The lowest BCUT2D eigenvalue weighted by molar-refractivity contribution is -0.114. The summed E-state index contributed by atoms with van der Waals surface area (Å²) in [6.45, 7) is 3.52. The molecule has 1 heterocycles. The molecule has 1 saturated heterocycles. The number of aryl methyl sites for hydroxylation is 1. The van der Waals surface area contributed by atoms with E-state index in [2.05, 4.69) is 34.5 Å². The molecule has 148 valence electrons. The fourth-order valence-electron chi connectivity index (χ4n) is 4.56. The van der Waals surface area contributed by atoms with Crippen molar-refractivity contribution in [3.63, 3.8) is 0 Å². The number of hydrogen-bond donors (Lipinski definition) is 2. The molecule has 0 saturated carbocycles. The second-order valence-electron chi connectivity index (χ2n) is 7.95. The van der Waals surface area contributed by atoms with Gasteiger partial charge in [0.05, 0.1) is 6.04 Å². The number of nitrogens with one attached hydrogen (secondary N) is 1. The Balaban J connectivity index is 1.63. The van der Waals surface area contributed by atoms with Gasteiger partial charge in [0, 0.05) is 31.3 Å². The van der Waals surface area contributed by atoms with Crippen LogP contribution in [0.5, 0.6) is 5.75 Å². The van der Waals surface area contributed by atoms with Crippen LogP contribution in [0.25, 0.3) is 0 Å². The van der Waals surface area contributed by atoms with Gasteiger partial charge in [-0.25, -0.2) is 0 Å². The van der Waals surface area contributed by atoms with E-state index < -0.39 is 0 Å². The van der Waals surface area contributed by atoms with Crippen LogP contribution >= 0.6 is 0 Å². The number of amides is 1. The van der Waals surface area contributed by atoms with Crippen molar-refractivity contribution in [3.8, 4) is 5.75 Å². The van der Waals surface area contributed by atoms with Gasteiger partial charge in [-0.15, -0.1) is 0 Å². The van der Waals surface area contributed by atoms with Gasteiger partial charge in [-0.05, 0) is 55.5 Å². The molecule has 2 aliphatic rings. The number of likely N-dealkylation sites (tertiary alicyclic amines) is 1. The fraction of sp³-hybridized carbons (Fsp3) is 0.435. The van der Waals surface area contributed by atoms with Crippen LogP contribution in [0.2, 0.25) is 0 Å². The number of carbonyl (C=O) groups excluding carboxylic acids is 1. The zero-order chi connectivity index (χ0) is 19.5. The van der Waals surface area contributed by atoms with E-state index >= 15 is 0 Å². The summed E-state index contributed by atoms with van der Waals surface area (Å²) < 4.78 is 6.57. The van der Waals surface area contributed by atoms with E-state index in [-0.39, 0.29) is 18.1 Å². The van der Waals surface area contributed by atoms with Gasteiger partial charge in [-0.2, -0.15) is 0 Å². The Hall–Kier alpha value is -2.37. The number of nitrogens with two attached hydrogens (primary N) is 1. The predicted molar refractivity (Wildman–Crippen MR) is 111 cm³/mol. The van der Waals surface area contributed by atoms with Crippen molar-refractivity contribution in [2.75, 3.05) is 18.4 Å². The number of ether oxygens (including phenoxy) is 1. The van der Waals surface area contributed by atoms with Gasteiger partial charge in [-0.3, -0.25) is 9.69 Å². The molecule has 5 nitrogen and oxygen atoms in total. The van der Waals surface area contributed by atoms with Crippen LogP contribution in [0.15, 0.2) is 48.5 Å². The van der Waals surface area contributed by atoms with Crippen molar-refractivity contribution >= 4 is 11.6 Å². The molecule has 0 radical (unpaired) electrons. The Morgan fingerprint density at radius 2 is 2.04 bits per heavy atom. The van der Waals surface area contributed by atoms with Crippen molar-refractivity contribution < 1.29 is 9.53 Å². The zero-order valence-electron chi connectivity index (χ0n) is 16.4. The Labute approximate surface area is 166 Å². The molecule has 5 heteroatoms. The first kappa shape index (κ1) is 19.0. The molecule has 0 bridgehead atoms. The highest BCUT2D eigenvalue weighted by Gasteiger charge is 2.36. The van der Waals surface area contributed by atoms with Gasteiger partial charge in [0.25, 0.3) is 0 Å². The first-order valence-electron chi connectivity index (χ1n) is 10.2. The summed E-state index contributed by atoms with van der Waals surface area (Å²) in [4.78, 5) is 13.9. The maximum atomic E-state index is 11.4. The summed E-state index contributed by atoms with van der Waals surface area (Å²) in [7, 11) is 0. The maximum absolute atomic E-state index is 11.4. The van der Waals surface area contributed by atoms with Crippen LogP contribution in [0.1, 0.15) is 43.4 Å². The van der Waals surface area contributed by atoms with Gasteiger partial charge in [0.15, 0.2) is 0 Å². The summed E-state index contributed by atoms with van der Waals surface area (Å²) in [5.41, 5.74) is 9.65. The molecule has 1 amide bonds. The number of fused-ring (bicyclic) bond motifs is 1. The average molecular weight is 380 g/mol. The lowest BCUT2D eigenvalue weighted by Crippen LogP contribution is -2.51. The van der Waals surface area contributed by atoms with Crippen LogP contribution in [0, 0.1) is 0 Å². The van der Waals surface area contributed by atoms with Crippen LogP contribution in [0.4, 0.5) is 5.69 Å². The third-order valence-electron chi connectivity index (χ3n) is 5.80. The number of anilines is 1. The molecule has 0 spiro atoms. The van der Waals surface area contributed by atoms with Crippen molar-refractivity contribution in [2.24, 2.45) is 5.73 Å². The van der Waals surface area contributed by atoms with Gasteiger partial charge >= 0.3 is 0 Å². The summed E-state index contributed by atoms with van der Waals surface area (Å²) in [6, 6.07) is 16.8. The molecular weight excluding hydrogens is 350 g/mol. The Morgan fingerprint density at radius 3 is 2.86 bits per heavy atom. The quantitative estimate of drug-likeness (QED) is 0.853. The normalized spacial score (nSPS) is 25.0. The summed E-state index contributed by atoms with van der Waals surface area (Å²) in [5.74, 6) is 0.694. The molecular formula is C23H29N3O2. The Morgan fingerprint density at radius 1 is 1.18 bits per heavy atom. The van der Waals surface area contributed by atoms with E-state index in [4.69, 9.17) is 10.5 Å². The topological polar surface area (TPSA) is 67.6 Å². The summed E-state index contributed by atoms with van der Waals surface area (Å²) >= 11 is 0. The summed E-state index contributed by atoms with van der Waals surface area (Å²) in [6.07, 6.45) is 4.34. The third-order valence-corrected chi connectivity index (χ3v) is 5.80. The maximum Gasteiger partial charge on any atom is 0.221 e. The van der Waals surface area contributed by atoms with E-state index in [9.17, 15) is 4.79 Å². The molecule has 1 aliphatic carbocycles. The van der Waals surface area contributed by atoms with Crippen molar-refractivity contribution in [1.29, 1.82) is 0 Å². The minimum Gasteiger partial charge on any atom is -0.484 e. The molecule has 0 unspecified atom stereocenters. The van der Waals surface area contributed by atoms with Crippen molar-refractivity contribution in [2.45, 2.75) is 50.8 Å². The van der Waals surface area contributed by atoms with Gasteiger partial charge in [-0.1, -0.05) is 30.3 Å². The molecule has 1 aliphatic heterocycles.